The molecule has 1 fully saturated rings. The van der Waals surface area contributed by atoms with Gasteiger partial charge in [-0.2, -0.15) is 0 Å². The maximum Gasteiger partial charge on any atom is 0.224 e. The van der Waals surface area contributed by atoms with Gasteiger partial charge >= 0.3 is 0 Å². The van der Waals surface area contributed by atoms with Crippen LogP contribution in [0.15, 0.2) is 54.6 Å². The molecule has 1 aliphatic rings. The Kier molecular flexibility index (Phi) is 5.51. The summed E-state index contributed by atoms with van der Waals surface area (Å²) in [6.45, 7) is 2.49. The Morgan fingerprint density at radius 2 is 1.86 bits per heavy atom. The highest BCUT2D eigenvalue weighted by atomic mass is 32.1. The SMILES string of the molecule is CC(O)c1ccc(C2(CNC(=O)Cc3cccc4ccccc34)CCCC2)s1. The summed E-state index contributed by atoms with van der Waals surface area (Å²) in [5.74, 6) is 0.0786. The average Bonchev–Trinajstić information content (AvgIpc) is 3.37. The van der Waals surface area contributed by atoms with Crippen LogP contribution in [0, 0.1) is 0 Å². The fourth-order valence-corrected chi connectivity index (χ4v) is 5.56. The Balaban J connectivity index is 1.47. The lowest BCUT2D eigenvalue weighted by molar-refractivity contribution is -0.120. The molecule has 1 aromatic heterocycles. The molecule has 0 bridgehead atoms. The monoisotopic (exact) mass is 393 g/mol. The molecule has 2 N–H and O–H groups in total. The summed E-state index contributed by atoms with van der Waals surface area (Å²) in [4.78, 5) is 15.1. The zero-order valence-corrected chi connectivity index (χ0v) is 17.1. The third kappa shape index (κ3) is 3.85. The van der Waals surface area contributed by atoms with E-state index in [1.54, 1.807) is 11.3 Å². The lowest BCUT2D eigenvalue weighted by Gasteiger charge is -2.28. The second-order valence-electron chi connectivity index (χ2n) is 7.96. The van der Waals surface area contributed by atoms with Crippen LogP contribution in [-0.4, -0.2) is 17.6 Å². The lowest BCUT2D eigenvalue weighted by Crippen LogP contribution is -2.39. The minimum absolute atomic E-state index is 0.0201. The first kappa shape index (κ1) is 19.2. The van der Waals surface area contributed by atoms with Crippen LogP contribution in [0.4, 0.5) is 0 Å². The van der Waals surface area contributed by atoms with E-state index in [0.29, 0.717) is 13.0 Å². The molecule has 3 nitrogen and oxygen atoms in total. The second-order valence-corrected chi connectivity index (χ2v) is 9.07. The van der Waals surface area contributed by atoms with E-state index in [2.05, 4.69) is 29.6 Å². The molecule has 28 heavy (non-hydrogen) atoms. The van der Waals surface area contributed by atoms with Crippen LogP contribution >= 0.6 is 11.3 Å². The largest absolute Gasteiger partial charge is 0.388 e. The van der Waals surface area contributed by atoms with Crippen LogP contribution in [-0.2, 0) is 16.6 Å². The number of aliphatic hydroxyl groups excluding tert-OH is 1. The van der Waals surface area contributed by atoms with E-state index in [-0.39, 0.29) is 11.3 Å². The number of thiophene rings is 1. The van der Waals surface area contributed by atoms with Crippen LogP contribution in [0.5, 0.6) is 0 Å². The number of fused-ring (bicyclic) bond motifs is 1. The number of carbonyl (C=O) groups is 1. The molecule has 0 saturated heterocycles. The van der Waals surface area contributed by atoms with Crippen molar-refractivity contribution >= 4 is 28.0 Å². The molecule has 2 aromatic carbocycles. The summed E-state index contributed by atoms with van der Waals surface area (Å²) in [5.41, 5.74) is 1.09. The molecule has 0 radical (unpaired) electrons. The predicted octanol–water partition coefficient (Wildman–Crippen LogP) is 5.13. The molecule has 3 aromatic rings. The van der Waals surface area contributed by atoms with E-state index in [1.807, 2.05) is 37.3 Å². The van der Waals surface area contributed by atoms with Crippen molar-refractivity contribution in [3.05, 3.63) is 69.9 Å². The molecular weight excluding hydrogens is 366 g/mol. The predicted molar refractivity (Wildman–Crippen MR) is 116 cm³/mol. The van der Waals surface area contributed by atoms with Gasteiger partial charge in [0.1, 0.15) is 0 Å². The van der Waals surface area contributed by atoms with E-state index in [9.17, 15) is 9.90 Å². The third-order valence-electron chi connectivity index (χ3n) is 5.98. The molecule has 1 unspecified atom stereocenters. The van der Waals surface area contributed by atoms with Gasteiger partial charge in [0.05, 0.1) is 12.5 Å². The van der Waals surface area contributed by atoms with Gasteiger partial charge in [0, 0.05) is 21.7 Å². The highest BCUT2D eigenvalue weighted by Gasteiger charge is 2.37. The first-order valence-electron chi connectivity index (χ1n) is 10.1. The van der Waals surface area contributed by atoms with Gasteiger partial charge < -0.3 is 10.4 Å². The molecule has 1 aliphatic carbocycles. The van der Waals surface area contributed by atoms with Gasteiger partial charge in [0.25, 0.3) is 0 Å². The Morgan fingerprint density at radius 3 is 2.61 bits per heavy atom. The fourth-order valence-electron chi connectivity index (χ4n) is 4.37. The van der Waals surface area contributed by atoms with Crippen molar-refractivity contribution in [1.29, 1.82) is 0 Å². The summed E-state index contributed by atoms with van der Waals surface area (Å²) in [6.07, 6.45) is 4.56. The second kappa shape index (κ2) is 8.06. The molecule has 4 heteroatoms. The van der Waals surface area contributed by atoms with Gasteiger partial charge in [0.2, 0.25) is 5.91 Å². The van der Waals surface area contributed by atoms with Gasteiger partial charge in [-0.05, 0) is 48.2 Å². The summed E-state index contributed by atoms with van der Waals surface area (Å²) in [5, 5.41) is 15.4. The molecule has 1 amide bonds. The Bertz CT molecular complexity index is 964. The molecule has 1 saturated carbocycles. The third-order valence-corrected chi connectivity index (χ3v) is 7.48. The first-order chi connectivity index (χ1) is 13.6. The van der Waals surface area contributed by atoms with Crippen molar-refractivity contribution in [3.63, 3.8) is 0 Å². The van der Waals surface area contributed by atoms with Gasteiger partial charge in [-0.1, -0.05) is 55.3 Å². The van der Waals surface area contributed by atoms with E-state index < -0.39 is 6.10 Å². The minimum Gasteiger partial charge on any atom is -0.388 e. The van der Waals surface area contributed by atoms with Crippen LogP contribution < -0.4 is 5.32 Å². The number of benzene rings is 2. The zero-order chi connectivity index (χ0) is 19.6. The summed E-state index contributed by atoms with van der Waals surface area (Å²) >= 11 is 1.69. The highest BCUT2D eigenvalue weighted by molar-refractivity contribution is 7.12. The normalized spacial score (nSPS) is 16.9. The fraction of sp³-hybridized carbons (Fsp3) is 0.375. The van der Waals surface area contributed by atoms with Crippen molar-refractivity contribution < 1.29 is 9.90 Å². The van der Waals surface area contributed by atoms with Crippen LogP contribution in [0.2, 0.25) is 0 Å². The van der Waals surface area contributed by atoms with Crippen LogP contribution in [0.25, 0.3) is 10.8 Å². The standard InChI is InChI=1S/C24H27NO2S/c1-17(26)21-11-12-22(28-21)24(13-4-5-14-24)16-25-23(27)15-19-9-6-8-18-7-2-3-10-20(18)19/h2-3,6-12,17,26H,4-5,13-16H2,1H3,(H,25,27). The molecule has 1 atom stereocenters. The number of carbonyl (C=O) groups excluding carboxylic acids is 1. The van der Waals surface area contributed by atoms with Crippen molar-refractivity contribution in [2.45, 2.75) is 50.5 Å². The number of hydrogen-bond donors (Lipinski definition) is 2. The number of nitrogens with one attached hydrogen (secondary N) is 1. The quantitative estimate of drug-likeness (QED) is 0.610. The summed E-state index contributed by atoms with van der Waals surface area (Å²) in [7, 11) is 0. The molecule has 1 heterocycles. The van der Waals surface area contributed by atoms with E-state index >= 15 is 0 Å². The lowest BCUT2D eigenvalue weighted by atomic mass is 9.84. The van der Waals surface area contributed by atoms with Gasteiger partial charge in [-0.3, -0.25) is 4.79 Å². The zero-order valence-electron chi connectivity index (χ0n) is 16.3. The summed E-state index contributed by atoms with van der Waals surface area (Å²) < 4.78 is 0. The first-order valence-corrected chi connectivity index (χ1v) is 10.9. The van der Waals surface area contributed by atoms with Gasteiger partial charge in [0.15, 0.2) is 0 Å². The summed E-state index contributed by atoms with van der Waals surface area (Å²) in [6, 6.07) is 18.5. The Hall–Kier alpha value is -2.17. The van der Waals surface area contributed by atoms with Crippen molar-refractivity contribution in [1.82, 2.24) is 5.32 Å². The average molecular weight is 394 g/mol. The molecule has 0 spiro atoms. The Morgan fingerprint density at radius 1 is 1.11 bits per heavy atom. The van der Waals surface area contributed by atoms with Crippen LogP contribution in [0.3, 0.4) is 0 Å². The van der Waals surface area contributed by atoms with E-state index in [0.717, 1.165) is 28.7 Å². The number of amides is 1. The smallest absolute Gasteiger partial charge is 0.224 e. The molecule has 4 rings (SSSR count). The highest BCUT2D eigenvalue weighted by Crippen LogP contribution is 2.44. The Labute approximate surface area is 170 Å². The van der Waals surface area contributed by atoms with Gasteiger partial charge in [-0.25, -0.2) is 0 Å². The maximum absolute atomic E-state index is 12.8. The van der Waals surface area contributed by atoms with Gasteiger partial charge in [-0.15, -0.1) is 11.3 Å². The van der Waals surface area contributed by atoms with E-state index in [4.69, 9.17) is 0 Å². The minimum atomic E-state index is -0.432. The number of aliphatic hydroxyl groups is 1. The molecular formula is C24H27NO2S. The molecule has 0 aliphatic heterocycles. The topological polar surface area (TPSA) is 49.3 Å². The van der Waals surface area contributed by atoms with Crippen molar-refractivity contribution in [2.75, 3.05) is 6.54 Å². The van der Waals surface area contributed by atoms with Crippen molar-refractivity contribution in [3.8, 4) is 0 Å². The van der Waals surface area contributed by atoms with E-state index in [1.165, 1.54) is 23.1 Å². The van der Waals surface area contributed by atoms with Crippen molar-refractivity contribution in [2.24, 2.45) is 0 Å². The number of rotatable bonds is 6. The number of hydrogen-bond acceptors (Lipinski definition) is 3. The van der Waals surface area contributed by atoms with Crippen LogP contribution in [0.1, 0.15) is 54.0 Å². The maximum atomic E-state index is 12.8. The molecule has 146 valence electrons.